The van der Waals surface area contributed by atoms with Crippen molar-refractivity contribution < 1.29 is 45.0 Å². The molecule has 0 fully saturated rings. The first-order valence-corrected chi connectivity index (χ1v) is 14.5. The largest absolute Gasteiger partial charge is 0.494 e. The second-order valence-corrected chi connectivity index (χ2v) is 11.8. The van der Waals surface area contributed by atoms with E-state index in [1.165, 1.54) is 36.4 Å². The molecular formula is C29H30F5NO5S. The third-order valence-corrected chi connectivity index (χ3v) is 7.60. The molecule has 0 aromatic heterocycles. The predicted octanol–water partition coefficient (Wildman–Crippen LogP) is 6.09. The van der Waals surface area contributed by atoms with Crippen LogP contribution in [0.1, 0.15) is 41.5 Å². The minimum atomic E-state index is -4.84. The summed E-state index contributed by atoms with van der Waals surface area (Å²) in [5.41, 5.74) is -0.555. The van der Waals surface area contributed by atoms with Gasteiger partial charge in [0.25, 0.3) is 0 Å². The van der Waals surface area contributed by atoms with Crippen LogP contribution in [-0.4, -0.2) is 50.3 Å². The number of nitrogens with zero attached hydrogens (tertiary/aromatic N) is 1. The monoisotopic (exact) mass is 599 g/mol. The molecule has 0 spiro atoms. The zero-order valence-electron chi connectivity index (χ0n) is 22.4. The van der Waals surface area contributed by atoms with E-state index in [9.17, 15) is 35.2 Å². The van der Waals surface area contributed by atoms with E-state index in [0.717, 1.165) is 17.9 Å². The van der Waals surface area contributed by atoms with E-state index in [1.54, 1.807) is 17.0 Å². The van der Waals surface area contributed by atoms with Crippen LogP contribution in [0.15, 0.2) is 65.6 Å². The number of carboxylic acids is 1. The molecule has 1 atom stereocenters. The van der Waals surface area contributed by atoms with Gasteiger partial charge in [-0.1, -0.05) is 37.3 Å². The molecule has 222 valence electrons. The number of carboxylic acid groups (broad SMARTS) is 1. The highest BCUT2D eigenvalue weighted by molar-refractivity contribution is 7.90. The van der Waals surface area contributed by atoms with Crippen LogP contribution >= 0.6 is 0 Å². The van der Waals surface area contributed by atoms with Gasteiger partial charge >= 0.3 is 12.1 Å². The second kappa shape index (κ2) is 13.4. The van der Waals surface area contributed by atoms with E-state index in [1.807, 2.05) is 6.92 Å². The van der Waals surface area contributed by atoms with Gasteiger partial charge in [-0.05, 0) is 53.8 Å². The minimum absolute atomic E-state index is 0.0913. The number of hydrogen-bond donors (Lipinski definition) is 1. The van der Waals surface area contributed by atoms with Gasteiger partial charge in [0.15, 0.2) is 9.84 Å². The summed E-state index contributed by atoms with van der Waals surface area (Å²) in [5, 5.41) is 9.05. The Labute approximate surface area is 235 Å². The Balaban J connectivity index is 1.75. The van der Waals surface area contributed by atoms with Crippen molar-refractivity contribution >= 4 is 15.8 Å². The van der Waals surface area contributed by atoms with Crippen LogP contribution in [0.25, 0.3) is 0 Å². The van der Waals surface area contributed by atoms with Crippen molar-refractivity contribution in [3.05, 3.63) is 94.6 Å². The molecule has 3 aromatic carbocycles. The Morgan fingerprint density at radius 3 is 2.32 bits per heavy atom. The Bertz CT molecular complexity index is 1460. The number of sulfone groups is 1. The predicted molar refractivity (Wildman–Crippen MR) is 142 cm³/mol. The van der Waals surface area contributed by atoms with Crippen LogP contribution in [-0.2, 0) is 33.8 Å². The van der Waals surface area contributed by atoms with Gasteiger partial charge in [-0.15, -0.1) is 0 Å². The average Bonchev–Trinajstić information content (AvgIpc) is 2.87. The van der Waals surface area contributed by atoms with Crippen LogP contribution in [0.2, 0.25) is 0 Å². The standard InChI is InChI=1S/C29H30F5NO5S/c1-19(20-7-10-23(30)11-8-20)17-35(18-22-5-3-6-25(28(22)31)29(32,33)34)13-4-14-40-24-12-9-21(15-27(36)37)26(16-24)41(2,38)39/h3,5-12,16,19H,4,13-15,17-18H2,1-2H3,(H,36,37). The molecule has 0 bridgehead atoms. The van der Waals surface area contributed by atoms with Gasteiger partial charge in [0.2, 0.25) is 0 Å². The third-order valence-electron chi connectivity index (χ3n) is 6.42. The molecule has 0 aliphatic heterocycles. The lowest BCUT2D eigenvalue weighted by molar-refractivity contribution is -0.140. The maximum atomic E-state index is 14.8. The Morgan fingerprint density at radius 2 is 1.71 bits per heavy atom. The van der Waals surface area contributed by atoms with Gasteiger partial charge in [-0.3, -0.25) is 9.69 Å². The smallest absolute Gasteiger partial charge is 0.419 e. The Morgan fingerprint density at radius 1 is 1.02 bits per heavy atom. The minimum Gasteiger partial charge on any atom is -0.494 e. The molecule has 41 heavy (non-hydrogen) atoms. The molecule has 0 saturated carbocycles. The summed E-state index contributed by atoms with van der Waals surface area (Å²) in [4.78, 5) is 12.7. The number of carbonyl (C=O) groups is 1. The zero-order chi connectivity index (χ0) is 30.4. The van der Waals surface area contributed by atoms with Crippen LogP contribution < -0.4 is 4.74 Å². The summed E-state index contributed by atoms with van der Waals surface area (Å²) >= 11 is 0. The molecule has 3 aromatic rings. The highest BCUT2D eigenvalue weighted by Gasteiger charge is 2.35. The first-order chi connectivity index (χ1) is 19.1. The molecule has 0 saturated heterocycles. The molecule has 6 nitrogen and oxygen atoms in total. The molecule has 1 N–H and O–H groups in total. The lowest BCUT2D eigenvalue weighted by atomic mass is 10.00. The quantitative estimate of drug-likeness (QED) is 0.189. The number of alkyl halides is 3. The Hall–Kier alpha value is -3.51. The molecule has 3 rings (SSSR count). The van der Waals surface area contributed by atoms with Gasteiger partial charge < -0.3 is 9.84 Å². The zero-order valence-corrected chi connectivity index (χ0v) is 23.2. The highest BCUT2D eigenvalue weighted by Crippen LogP contribution is 2.33. The van der Waals surface area contributed by atoms with Crippen LogP contribution in [0, 0.1) is 11.6 Å². The van der Waals surface area contributed by atoms with Crippen LogP contribution in [0.3, 0.4) is 0 Å². The van der Waals surface area contributed by atoms with E-state index in [0.29, 0.717) is 19.0 Å². The van der Waals surface area contributed by atoms with Crippen molar-refractivity contribution in [3.8, 4) is 5.75 Å². The van der Waals surface area contributed by atoms with Crippen molar-refractivity contribution in [3.63, 3.8) is 0 Å². The molecule has 0 radical (unpaired) electrons. The summed E-state index contributed by atoms with van der Waals surface area (Å²) in [6.07, 6.45) is -4.01. The molecule has 0 aliphatic rings. The van der Waals surface area contributed by atoms with E-state index in [2.05, 4.69) is 0 Å². The van der Waals surface area contributed by atoms with E-state index < -0.39 is 45.6 Å². The maximum Gasteiger partial charge on any atom is 0.419 e. The van der Waals surface area contributed by atoms with Crippen LogP contribution in [0.4, 0.5) is 22.0 Å². The van der Waals surface area contributed by atoms with Crippen LogP contribution in [0.5, 0.6) is 5.75 Å². The SMILES string of the molecule is CC(CN(CCCOc1ccc(CC(=O)O)c(S(C)(=O)=O)c1)Cc1cccc(C(F)(F)F)c1F)c1ccc(F)cc1. The number of halogens is 5. The molecule has 0 heterocycles. The maximum absolute atomic E-state index is 14.8. The number of aliphatic carboxylic acids is 1. The van der Waals surface area contributed by atoms with E-state index >= 15 is 0 Å². The molecule has 12 heteroatoms. The van der Waals surface area contributed by atoms with E-state index in [-0.39, 0.29) is 47.4 Å². The fraction of sp³-hybridized carbons (Fsp3) is 0.345. The topological polar surface area (TPSA) is 83.9 Å². The first-order valence-electron chi connectivity index (χ1n) is 12.6. The van der Waals surface area contributed by atoms with E-state index in [4.69, 9.17) is 9.84 Å². The third kappa shape index (κ3) is 9.25. The fourth-order valence-electron chi connectivity index (χ4n) is 4.44. The van der Waals surface area contributed by atoms with Gasteiger partial charge in [-0.25, -0.2) is 17.2 Å². The average molecular weight is 600 g/mol. The normalized spacial score (nSPS) is 12.9. The van der Waals surface area contributed by atoms with Crippen molar-refractivity contribution in [2.45, 2.75) is 43.3 Å². The van der Waals surface area contributed by atoms with Crippen molar-refractivity contribution in [2.75, 3.05) is 26.0 Å². The molecular weight excluding hydrogens is 569 g/mol. The lowest BCUT2D eigenvalue weighted by Crippen LogP contribution is -2.30. The summed E-state index contributed by atoms with van der Waals surface area (Å²) < 4.78 is 97.9. The summed E-state index contributed by atoms with van der Waals surface area (Å²) in [6.45, 7) is 2.45. The lowest BCUT2D eigenvalue weighted by Gasteiger charge is -2.27. The number of benzene rings is 3. The number of rotatable bonds is 13. The molecule has 1 unspecified atom stereocenters. The summed E-state index contributed by atoms with van der Waals surface area (Å²) in [5.74, 6) is -2.89. The highest BCUT2D eigenvalue weighted by atomic mass is 32.2. The van der Waals surface area contributed by atoms with Gasteiger partial charge in [0, 0.05) is 31.5 Å². The van der Waals surface area contributed by atoms with Crippen molar-refractivity contribution in [2.24, 2.45) is 0 Å². The summed E-state index contributed by atoms with van der Waals surface area (Å²) in [7, 11) is -3.73. The second-order valence-electron chi connectivity index (χ2n) is 9.78. The molecule has 0 amide bonds. The molecule has 0 aliphatic carbocycles. The van der Waals surface area contributed by atoms with Gasteiger partial charge in [-0.2, -0.15) is 13.2 Å². The van der Waals surface area contributed by atoms with Gasteiger partial charge in [0.1, 0.15) is 17.4 Å². The van der Waals surface area contributed by atoms with Gasteiger partial charge in [0.05, 0.1) is 23.5 Å². The van der Waals surface area contributed by atoms with Crippen molar-refractivity contribution in [1.29, 1.82) is 0 Å². The number of hydrogen-bond acceptors (Lipinski definition) is 5. The fourth-order valence-corrected chi connectivity index (χ4v) is 5.38. The Kier molecular flexibility index (Phi) is 10.5. The number of ether oxygens (including phenoxy) is 1. The first kappa shape index (κ1) is 32.0. The van der Waals surface area contributed by atoms with Crippen molar-refractivity contribution in [1.82, 2.24) is 4.90 Å². The summed E-state index contributed by atoms with van der Waals surface area (Å²) in [6, 6.07) is 13.0.